The van der Waals surface area contributed by atoms with Crippen molar-refractivity contribution in [2.45, 2.75) is 32.4 Å². The molecule has 1 saturated carbocycles. The molecule has 1 amide bonds. The van der Waals surface area contributed by atoms with Gasteiger partial charge in [0, 0.05) is 16.7 Å². The van der Waals surface area contributed by atoms with E-state index in [9.17, 15) is 9.59 Å². The van der Waals surface area contributed by atoms with E-state index in [0.717, 1.165) is 22.9 Å². The first kappa shape index (κ1) is 16.0. The van der Waals surface area contributed by atoms with Gasteiger partial charge in [-0.25, -0.2) is 0 Å². The lowest BCUT2D eigenvalue weighted by Gasteiger charge is -2.19. The molecule has 1 atom stereocenters. The highest BCUT2D eigenvalue weighted by molar-refractivity contribution is 9.10. The van der Waals surface area contributed by atoms with Crippen LogP contribution in [0.25, 0.3) is 0 Å². The Labute approximate surface area is 143 Å². The second-order valence-corrected chi connectivity index (χ2v) is 7.02. The van der Waals surface area contributed by atoms with Crippen LogP contribution < -0.4 is 10.9 Å². The quantitative estimate of drug-likeness (QED) is 0.873. The number of aryl methyl sites for hydroxylation is 1. The van der Waals surface area contributed by atoms with Crippen molar-refractivity contribution in [3.63, 3.8) is 0 Å². The number of pyridine rings is 1. The Hall–Kier alpha value is -1.88. The third-order valence-corrected chi connectivity index (χ3v) is 4.58. The van der Waals surface area contributed by atoms with Gasteiger partial charge in [-0.3, -0.25) is 9.59 Å². The molecule has 5 heteroatoms. The van der Waals surface area contributed by atoms with Crippen LogP contribution in [0.2, 0.25) is 0 Å². The highest BCUT2D eigenvalue weighted by Crippen LogP contribution is 2.41. The van der Waals surface area contributed by atoms with Crippen LogP contribution in [-0.2, 0) is 11.3 Å². The average molecular weight is 375 g/mol. The van der Waals surface area contributed by atoms with E-state index in [1.54, 1.807) is 12.3 Å². The summed E-state index contributed by atoms with van der Waals surface area (Å²) in [6.45, 7) is 2.08. The topological polar surface area (TPSA) is 51.1 Å². The Morgan fingerprint density at radius 3 is 2.61 bits per heavy atom. The minimum atomic E-state index is -0.179. The highest BCUT2D eigenvalue weighted by atomic mass is 79.9. The summed E-state index contributed by atoms with van der Waals surface area (Å²) >= 11 is 3.32. The van der Waals surface area contributed by atoms with Gasteiger partial charge >= 0.3 is 0 Å². The number of halogens is 1. The predicted octanol–water partition coefficient (Wildman–Crippen LogP) is 3.19. The van der Waals surface area contributed by atoms with Crippen LogP contribution in [0.4, 0.5) is 0 Å². The summed E-state index contributed by atoms with van der Waals surface area (Å²) < 4.78 is 2.19. The van der Waals surface area contributed by atoms with Gasteiger partial charge in [0.25, 0.3) is 5.56 Å². The fraction of sp³-hybridized carbons (Fsp3) is 0.333. The smallest absolute Gasteiger partial charge is 0.251 e. The van der Waals surface area contributed by atoms with Crippen molar-refractivity contribution in [2.24, 2.45) is 5.92 Å². The van der Waals surface area contributed by atoms with Gasteiger partial charge < -0.3 is 9.88 Å². The van der Waals surface area contributed by atoms with Crippen LogP contribution in [-0.4, -0.2) is 10.5 Å². The maximum Gasteiger partial charge on any atom is 0.251 e. The second kappa shape index (κ2) is 6.71. The summed E-state index contributed by atoms with van der Waals surface area (Å²) in [5.74, 6) is 0.364. The average Bonchev–Trinajstić information content (AvgIpc) is 3.34. The van der Waals surface area contributed by atoms with Crippen molar-refractivity contribution in [2.75, 3.05) is 0 Å². The van der Waals surface area contributed by atoms with Gasteiger partial charge in [-0.15, -0.1) is 0 Å². The lowest BCUT2D eigenvalue weighted by molar-refractivity contribution is -0.122. The minimum absolute atomic E-state index is 0.0333. The van der Waals surface area contributed by atoms with Gasteiger partial charge in [0.15, 0.2) is 0 Å². The van der Waals surface area contributed by atoms with Crippen molar-refractivity contribution in [1.29, 1.82) is 0 Å². The second-order valence-electron chi connectivity index (χ2n) is 6.11. The van der Waals surface area contributed by atoms with E-state index in [1.165, 1.54) is 16.2 Å². The first-order chi connectivity index (χ1) is 11.0. The number of carbonyl (C=O) groups is 1. The fourth-order valence-electron chi connectivity index (χ4n) is 2.68. The van der Waals surface area contributed by atoms with Crippen molar-refractivity contribution in [3.05, 3.63) is 68.5 Å². The standard InChI is InChI=1S/C18H19BrN2O2/c1-12-2-4-13(5-3-12)18(14-6-7-14)20-16(22)11-21-10-15(19)8-9-17(21)23/h2-5,8-10,14,18H,6-7,11H2,1H3,(H,20,22). The SMILES string of the molecule is Cc1ccc(C(NC(=O)Cn2cc(Br)ccc2=O)C2CC2)cc1. The number of amides is 1. The number of carbonyl (C=O) groups excluding carboxylic acids is 1. The van der Waals surface area contributed by atoms with Gasteiger partial charge in [0.1, 0.15) is 6.54 Å². The summed E-state index contributed by atoms with van der Waals surface area (Å²) in [5.41, 5.74) is 2.16. The van der Waals surface area contributed by atoms with Gasteiger partial charge in [-0.1, -0.05) is 29.8 Å². The van der Waals surface area contributed by atoms with Crippen molar-refractivity contribution >= 4 is 21.8 Å². The zero-order chi connectivity index (χ0) is 16.4. The van der Waals surface area contributed by atoms with Gasteiger partial charge in [0.05, 0.1) is 6.04 Å². The maximum atomic E-state index is 12.4. The molecule has 0 spiro atoms. The molecular weight excluding hydrogens is 356 g/mol. The molecule has 1 aromatic heterocycles. The number of nitrogens with zero attached hydrogens (tertiary/aromatic N) is 1. The molecular formula is C18H19BrN2O2. The van der Waals surface area contributed by atoms with E-state index >= 15 is 0 Å². The van der Waals surface area contributed by atoms with Crippen molar-refractivity contribution < 1.29 is 4.79 Å². The normalized spacial score (nSPS) is 15.2. The van der Waals surface area contributed by atoms with E-state index in [2.05, 4.69) is 45.5 Å². The summed E-state index contributed by atoms with van der Waals surface area (Å²) in [7, 11) is 0. The van der Waals surface area contributed by atoms with E-state index in [0.29, 0.717) is 5.92 Å². The van der Waals surface area contributed by atoms with Crippen molar-refractivity contribution in [3.8, 4) is 0 Å². The van der Waals surface area contributed by atoms with E-state index < -0.39 is 0 Å². The Balaban J connectivity index is 1.73. The molecule has 23 heavy (non-hydrogen) atoms. The third kappa shape index (κ3) is 4.10. The molecule has 1 unspecified atom stereocenters. The van der Waals surface area contributed by atoms with Crippen LogP contribution >= 0.6 is 15.9 Å². The lowest BCUT2D eigenvalue weighted by atomic mass is 10.0. The van der Waals surface area contributed by atoms with Crippen LogP contribution in [0.3, 0.4) is 0 Å². The molecule has 120 valence electrons. The number of benzene rings is 1. The molecule has 1 aliphatic rings. The summed E-state index contributed by atoms with van der Waals surface area (Å²) in [6, 6.07) is 11.4. The lowest BCUT2D eigenvalue weighted by Crippen LogP contribution is -2.35. The Bertz CT molecular complexity index is 763. The maximum absolute atomic E-state index is 12.4. The number of hydrogen-bond donors (Lipinski definition) is 1. The number of aromatic nitrogens is 1. The Morgan fingerprint density at radius 2 is 1.96 bits per heavy atom. The fourth-order valence-corrected chi connectivity index (χ4v) is 3.06. The van der Waals surface area contributed by atoms with Gasteiger partial charge in [-0.2, -0.15) is 0 Å². The molecule has 0 bridgehead atoms. The van der Waals surface area contributed by atoms with Crippen LogP contribution in [0.15, 0.2) is 51.9 Å². The first-order valence-electron chi connectivity index (χ1n) is 7.75. The molecule has 4 nitrogen and oxygen atoms in total. The molecule has 1 aliphatic carbocycles. The predicted molar refractivity (Wildman–Crippen MR) is 93.2 cm³/mol. The molecule has 0 aliphatic heterocycles. The molecule has 1 heterocycles. The van der Waals surface area contributed by atoms with E-state index in [-0.39, 0.29) is 24.1 Å². The molecule has 3 rings (SSSR count). The Kier molecular flexibility index (Phi) is 4.66. The van der Waals surface area contributed by atoms with Crippen LogP contribution in [0.5, 0.6) is 0 Å². The molecule has 1 fully saturated rings. The van der Waals surface area contributed by atoms with Crippen LogP contribution in [0.1, 0.15) is 30.0 Å². The van der Waals surface area contributed by atoms with Crippen LogP contribution in [0, 0.1) is 12.8 Å². The minimum Gasteiger partial charge on any atom is -0.347 e. The molecule has 1 aromatic carbocycles. The third-order valence-electron chi connectivity index (χ3n) is 4.11. The number of nitrogens with one attached hydrogen (secondary N) is 1. The molecule has 2 aromatic rings. The van der Waals surface area contributed by atoms with Gasteiger partial charge in [-0.05, 0) is 53.2 Å². The highest BCUT2D eigenvalue weighted by Gasteiger charge is 2.33. The van der Waals surface area contributed by atoms with E-state index in [4.69, 9.17) is 0 Å². The summed E-state index contributed by atoms with van der Waals surface area (Å²) in [5, 5.41) is 3.10. The number of hydrogen-bond acceptors (Lipinski definition) is 2. The van der Waals surface area contributed by atoms with Gasteiger partial charge in [0.2, 0.25) is 5.91 Å². The van der Waals surface area contributed by atoms with E-state index in [1.807, 2.05) is 6.92 Å². The zero-order valence-electron chi connectivity index (χ0n) is 13.0. The first-order valence-corrected chi connectivity index (χ1v) is 8.54. The largest absolute Gasteiger partial charge is 0.347 e. The molecule has 0 saturated heterocycles. The molecule has 0 radical (unpaired) electrons. The van der Waals surface area contributed by atoms with Crippen molar-refractivity contribution in [1.82, 2.24) is 9.88 Å². The summed E-state index contributed by atoms with van der Waals surface area (Å²) in [4.78, 5) is 24.2. The monoisotopic (exact) mass is 374 g/mol. The summed E-state index contributed by atoms with van der Waals surface area (Å²) in [6.07, 6.45) is 3.91. The molecule has 1 N–H and O–H groups in total. The number of rotatable bonds is 5. The zero-order valence-corrected chi connectivity index (χ0v) is 14.5. The Morgan fingerprint density at radius 1 is 1.26 bits per heavy atom.